The highest BCUT2D eigenvalue weighted by molar-refractivity contribution is 6.33. The van der Waals surface area contributed by atoms with Crippen molar-refractivity contribution in [3.05, 3.63) is 45.8 Å². The van der Waals surface area contributed by atoms with Crippen LogP contribution in [-0.2, 0) is 0 Å². The predicted octanol–water partition coefficient (Wildman–Crippen LogP) is 1.59. The molecular formula is C15H16Cl2N6O. The summed E-state index contributed by atoms with van der Waals surface area (Å²) in [5.74, 6) is 0.366. The Morgan fingerprint density at radius 3 is 2.67 bits per heavy atom. The normalized spacial score (nSPS) is 14.6. The maximum Gasteiger partial charge on any atom is 0.295 e. The summed E-state index contributed by atoms with van der Waals surface area (Å²) in [7, 11) is 0. The Bertz CT molecular complexity index is 883. The Hall–Kier alpha value is -2.09. The van der Waals surface area contributed by atoms with E-state index in [0.29, 0.717) is 11.6 Å². The minimum Gasteiger partial charge on any atom is -0.366 e. The smallest absolute Gasteiger partial charge is 0.295 e. The second-order valence-corrected chi connectivity index (χ2v) is 5.75. The van der Waals surface area contributed by atoms with Crippen molar-refractivity contribution in [2.75, 3.05) is 31.1 Å². The predicted molar refractivity (Wildman–Crippen MR) is 96.8 cm³/mol. The van der Waals surface area contributed by atoms with E-state index in [2.05, 4.69) is 25.3 Å². The van der Waals surface area contributed by atoms with Crippen LogP contribution in [0.2, 0.25) is 5.02 Å². The van der Waals surface area contributed by atoms with Gasteiger partial charge in [0.25, 0.3) is 5.56 Å². The van der Waals surface area contributed by atoms with Gasteiger partial charge in [0.05, 0.1) is 22.9 Å². The zero-order valence-corrected chi connectivity index (χ0v) is 14.3. The van der Waals surface area contributed by atoms with Gasteiger partial charge in [0, 0.05) is 26.2 Å². The Balaban J connectivity index is 0.00000169. The fourth-order valence-corrected chi connectivity index (χ4v) is 2.99. The van der Waals surface area contributed by atoms with E-state index in [-0.39, 0.29) is 23.0 Å². The van der Waals surface area contributed by atoms with E-state index in [1.807, 2.05) is 24.3 Å². The monoisotopic (exact) mass is 366 g/mol. The van der Waals surface area contributed by atoms with Crippen molar-refractivity contribution in [1.29, 1.82) is 0 Å². The minimum atomic E-state index is -0.373. The van der Waals surface area contributed by atoms with Crippen LogP contribution in [0.5, 0.6) is 0 Å². The minimum absolute atomic E-state index is 0. The van der Waals surface area contributed by atoms with Gasteiger partial charge < -0.3 is 15.2 Å². The van der Waals surface area contributed by atoms with E-state index in [1.165, 1.54) is 4.68 Å². The number of piperazine rings is 1. The molecule has 1 aliphatic heterocycles. The summed E-state index contributed by atoms with van der Waals surface area (Å²) in [6.07, 6.45) is 1.63. The molecule has 1 aromatic carbocycles. The van der Waals surface area contributed by atoms with Gasteiger partial charge in [-0.3, -0.25) is 4.79 Å². The average molecular weight is 367 g/mol. The SMILES string of the molecule is Cl.O=c1c(Cl)c(N2CCNCC2)cnn1-c1nc2ccccc2[nH]1. The zero-order chi connectivity index (χ0) is 15.8. The number of nitrogens with one attached hydrogen (secondary N) is 2. The molecule has 3 heterocycles. The van der Waals surface area contributed by atoms with Crippen LogP contribution in [0.15, 0.2) is 35.3 Å². The van der Waals surface area contributed by atoms with Crippen LogP contribution in [0.4, 0.5) is 5.69 Å². The van der Waals surface area contributed by atoms with Gasteiger partial charge in [-0.25, -0.2) is 4.98 Å². The van der Waals surface area contributed by atoms with Crippen molar-refractivity contribution in [3.63, 3.8) is 0 Å². The first-order valence-electron chi connectivity index (χ1n) is 7.42. The molecule has 1 aliphatic rings. The Kier molecular flexibility index (Phi) is 4.75. The van der Waals surface area contributed by atoms with Crippen molar-refractivity contribution < 1.29 is 0 Å². The van der Waals surface area contributed by atoms with Gasteiger partial charge >= 0.3 is 0 Å². The third-order valence-corrected chi connectivity index (χ3v) is 4.29. The fraction of sp³-hybridized carbons (Fsp3) is 0.267. The Morgan fingerprint density at radius 1 is 1.17 bits per heavy atom. The van der Waals surface area contributed by atoms with E-state index in [4.69, 9.17) is 11.6 Å². The molecule has 0 spiro atoms. The molecule has 0 atom stereocenters. The van der Waals surface area contributed by atoms with E-state index in [0.717, 1.165) is 37.2 Å². The van der Waals surface area contributed by atoms with Gasteiger partial charge in [0.1, 0.15) is 5.02 Å². The zero-order valence-electron chi connectivity index (χ0n) is 12.7. The number of fused-ring (bicyclic) bond motifs is 1. The number of hydrogen-bond donors (Lipinski definition) is 2. The van der Waals surface area contributed by atoms with Crippen molar-refractivity contribution in [2.45, 2.75) is 0 Å². The summed E-state index contributed by atoms with van der Waals surface area (Å²) >= 11 is 6.30. The van der Waals surface area contributed by atoms with Gasteiger partial charge in [0.2, 0.25) is 5.95 Å². The number of nitrogens with zero attached hydrogens (tertiary/aromatic N) is 4. The highest BCUT2D eigenvalue weighted by Gasteiger charge is 2.19. The first-order chi connectivity index (χ1) is 11.2. The van der Waals surface area contributed by atoms with Gasteiger partial charge in [-0.15, -0.1) is 12.4 Å². The molecule has 4 rings (SSSR count). The molecule has 0 bridgehead atoms. The first-order valence-corrected chi connectivity index (χ1v) is 7.80. The standard InChI is InChI=1S/C15H15ClN6O.ClH/c16-13-12(21-7-5-17-6-8-21)9-18-22(14(13)23)15-19-10-3-1-2-4-11(10)20-15;/h1-4,9,17H,5-8H2,(H,19,20);1H. The molecule has 0 amide bonds. The number of rotatable bonds is 2. The van der Waals surface area contributed by atoms with E-state index >= 15 is 0 Å². The van der Waals surface area contributed by atoms with Crippen molar-refractivity contribution in [1.82, 2.24) is 25.1 Å². The van der Waals surface area contributed by atoms with Crippen LogP contribution in [0.3, 0.4) is 0 Å². The number of anilines is 1. The van der Waals surface area contributed by atoms with Crippen molar-refractivity contribution >= 4 is 40.7 Å². The number of H-pyrrole nitrogens is 1. The number of benzene rings is 1. The first kappa shape index (κ1) is 16.8. The second kappa shape index (κ2) is 6.80. The van der Waals surface area contributed by atoms with Crippen LogP contribution in [0, 0.1) is 0 Å². The average Bonchev–Trinajstić information content (AvgIpc) is 3.02. The molecule has 7 nitrogen and oxygen atoms in total. The second-order valence-electron chi connectivity index (χ2n) is 5.38. The summed E-state index contributed by atoms with van der Waals surface area (Å²) in [6, 6.07) is 7.56. The number of halogens is 2. The maximum atomic E-state index is 12.6. The van der Waals surface area contributed by atoms with Crippen LogP contribution in [0.1, 0.15) is 0 Å². The molecule has 24 heavy (non-hydrogen) atoms. The summed E-state index contributed by atoms with van der Waals surface area (Å²) in [5, 5.41) is 7.68. The molecule has 9 heteroatoms. The third-order valence-electron chi connectivity index (χ3n) is 3.94. The molecule has 0 saturated carbocycles. The molecule has 2 aromatic heterocycles. The molecule has 0 aliphatic carbocycles. The van der Waals surface area contributed by atoms with E-state index < -0.39 is 0 Å². The number of aromatic amines is 1. The number of imidazole rings is 1. The van der Waals surface area contributed by atoms with Crippen LogP contribution >= 0.6 is 24.0 Å². The molecule has 1 fully saturated rings. The van der Waals surface area contributed by atoms with Crippen LogP contribution < -0.4 is 15.8 Å². The third kappa shape index (κ3) is 2.86. The van der Waals surface area contributed by atoms with Crippen LogP contribution in [-0.4, -0.2) is 45.9 Å². The lowest BCUT2D eigenvalue weighted by molar-refractivity contribution is 0.586. The molecule has 3 aromatic rings. The van der Waals surface area contributed by atoms with E-state index in [1.54, 1.807) is 6.20 Å². The maximum absolute atomic E-state index is 12.6. The molecule has 2 N–H and O–H groups in total. The van der Waals surface area contributed by atoms with Crippen molar-refractivity contribution in [3.8, 4) is 5.95 Å². The fourth-order valence-electron chi connectivity index (χ4n) is 2.74. The summed E-state index contributed by atoms with van der Waals surface area (Å²) < 4.78 is 1.20. The van der Waals surface area contributed by atoms with Gasteiger partial charge in [0.15, 0.2) is 0 Å². The summed E-state index contributed by atoms with van der Waals surface area (Å²) in [4.78, 5) is 22.1. The van der Waals surface area contributed by atoms with Crippen molar-refractivity contribution in [2.24, 2.45) is 0 Å². The lowest BCUT2D eigenvalue weighted by Gasteiger charge is -2.29. The summed E-state index contributed by atoms with van der Waals surface area (Å²) in [5.41, 5.74) is 1.92. The quantitative estimate of drug-likeness (QED) is 0.719. The molecule has 0 unspecified atom stereocenters. The molecule has 1 saturated heterocycles. The van der Waals surface area contributed by atoms with E-state index in [9.17, 15) is 4.79 Å². The molecule has 0 radical (unpaired) electrons. The number of hydrogen-bond acceptors (Lipinski definition) is 5. The Labute approximate surface area is 149 Å². The van der Waals surface area contributed by atoms with Gasteiger partial charge in [-0.1, -0.05) is 23.7 Å². The topological polar surface area (TPSA) is 78.8 Å². The highest BCUT2D eigenvalue weighted by atomic mass is 35.5. The highest BCUT2D eigenvalue weighted by Crippen LogP contribution is 2.22. The number of aromatic nitrogens is 4. The lowest BCUT2D eigenvalue weighted by atomic mass is 10.3. The largest absolute Gasteiger partial charge is 0.366 e. The molecular weight excluding hydrogens is 351 g/mol. The number of para-hydroxylation sites is 2. The van der Waals surface area contributed by atoms with Crippen LogP contribution in [0.25, 0.3) is 17.0 Å². The Morgan fingerprint density at radius 2 is 1.92 bits per heavy atom. The molecule has 126 valence electrons. The van der Waals surface area contributed by atoms with Gasteiger partial charge in [-0.2, -0.15) is 9.78 Å². The van der Waals surface area contributed by atoms with Gasteiger partial charge in [-0.05, 0) is 12.1 Å². The summed E-state index contributed by atoms with van der Waals surface area (Å²) in [6.45, 7) is 3.33. The lowest BCUT2D eigenvalue weighted by Crippen LogP contribution is -2.44.